The maximum Gasteiger partial charge on any atom is 0.337 e. The molecular weight excluding hydrogens is 592 g/mol. The van der Waals surface area contributed by atoms with Crippen LogP contribution in [-0.4, -0.2) is 94.3 Å². The molecule has 1 saturated heterocycles. The predicted molar refractivity (Wildman–Crippen MR) is 154 cm³/mol. The van der Waals surface area contributed by atoms with Gasteiger partial charge in [0.05, 0.1) is 38.1 Å². The van der Waals surface area contributed by atoms with Gasteiger partial charge in [0.2, 0.25) is 6.29 Å². The number of rotatable bonds is 3. The van der Waals surface area contributed by atoms with Crippen LogP contribution in [0.5, 0.6) is 17.2 Å². The minimum atomic E-state index is -1.70. The molecule has 13 heteroatoms. The van der Waals surface area contributed by atoms with Crippen LogP contribution < -0.4 is 4.74 Å². The number of hydrogen-bond donors (Lipinski definition) is 5. The van der Waals surface area contributed by atoms with Crippen LogP contribution in [0.4, 0.5) is 0 Å². The zero-order valence-electron chi connectivity index (χ0n) is 24.5. The molecule has 4 aliphatic rings. The van der Waals surface area contributed by atoms with E-state index in [1.54, 1.807) is 37.3 Å². The van der Waals surface area contributed by atoms with Crippen LogP contribution in [0.15, 0.2) is 65.9 Å². The fourth-order valence-electron chi connectivity index (χ4n) is 5.31. The van der Waals surface area contributed by atoms with Crippen molar-refractivity contribution in [1.29, 1.82) is 0 Å². The number of benzene rings is 2. The molecule has 0 aromatic heterocycles. The highest BCUT2D eigenvalue weighted by atomic mass is 16.8. The fourth-order valence-corrected chi connectivity index (χ4v) is 5.31. The molecule has 6 rings (SSSR count). The van der Waals surface area contributed by atoms with Gasteiger partial charge in [0, 0.05) is 24.3 Å². The van der Waals surface area contributed by atoms with E-state index in [9.17, 15) is 35.1 Å². The van der Waals surface area contributed by atoms with E-state index >= 15 is 0 Å². The molecule has 0 radical (unpaired) electrons. The van der Waals surface area contributed by atoms with E-state index in [1.807, 2.05) is 12.1 Å². The Kier molecular flexibility index (Phi) is 10.4. The van der Waals surface area contributed by atoms with E-state index in [2.05, 4.69) is 0 Å². The second-order valence-electron chi connectivity index (χ2n) is 10.8. The lowest BCUT2D eigenvalue weighted by Gasteiger charge is -2.42. The molecule has 4 bridgehead atoms. The van der Waals surface area contributed by atoms with Crippen molar-refractivity contribution in [3.8, 4) is 17.2 Å². The molecular formula is C32H36O13. The van der Waals surface area contributed by atoms with Gasteiger partial charge in [-0.2, -0.15) is 0 Å². The average Bonchev–Trinajstić information content (AvgIpc) is 3.03. The third-order valence-electron chi connectivity index (χ3n) is 7.87. The lowest BCUT2D eigenvalue weighted by atomic mass is 9.86. The number of ether oxygens (including phenoxy) is 6. The maximum absolute atomic E-state index is 13.3. The molecule has 4 aliphatic heterocycles. The summed E-state index contributed by atoms with van der Waals surface area (Å²) in [5, 5.41) is 50.6. The second-order valence-corrected chi connectivity index (χ2v) is 10.8. The lowest BCUT2D eigenvalue weighted by molar-refractivity contribution is -0.327. The highest BCUT2D eigenvalue weighted by Gasteiger charge is 2.47. The molecule has 242 valence electrons. The molecule has 5 N–H and O–H groups in total. The van der Waals surface area contributed by atoms with E-state index < -0.39 is 61.5 Å². The van der Waals surface area contributed by atoms with Gasteiger partial charge >= 0.3 is 11.9 Å². The number of aliphatic hydroxyl groups is 4. The molecule has 2 aromatic rings. The van der Waals surface area contributed by atoms with E-state index in [1.165, 1.54) is 6.07 Å². The van der Waals surface area contributed by atoms with Gasteiger partial charge in [-0.25, -0.2) is 4.79 Å². The smallest absolute Gasteiger partial charge is 0.337 e. The summed E-state index contributed by atoms with van der Waals surface area (Å²) in [6.45, 7) is 1.01. The van der Waals surface area contributed by atoms with Gasteiger partial charge < -0.3 is 54.0 Å². The highest BCUT2D eigenvalue weighted by molar-refractivity contribution is 5.91. The van der Waals surface area contributed by atoms with Crippen LogP contribution in [0.3, 0.4) is 0 Å². The molecule has 0 spiro atoms. The number of carbonyl (C=O) groups excluding carboxylic acids is 2. The number of hydrogen-bond acceptors (Lipinski definition) is 13. The van der Waals surface area contributed by atoms with Crippen molar-refractivity contribution >= 4 is 11.9 Å². The number of aromatic hydroxyl groups is 1. The van der Waals surface area contributed by atoms with E-state index in [0.29, 0.717) is 24.2 Å². The molecule has 0 unspecified atom stereocenters. The Bertz CT molecular complexity index is 1420. The Morgan fingerprint density at radius 3 is 2.38 bits per heavy atom. The van der Waals surface area contributed by atoms with Gasteiger partial charge in [-0.15, -0.1) is 0 Å². The largest absolute Gasteiger partial charge is 0.504 e. The molecule has 1 fully saturated rings. The molecule has 4 heterocycles. The van der Waals surface area contributed by atoms with Crippen LogP contribution in [0, 0.1) is 5.92 Å². The summed E-state index contributed by atoms with van der Waals surface area (Å²) in [5.41, 5.74) is 1.96. The van der Waals surface area contributed by atoms with Crippen molar-refractivity contribution in [3.05, 3.63) is 77.1 Å². The molecule has 0 aliphatic carbocycles. The fraction of sp³-hybridized carbons (Fsp3) is 0.438. The maximum atomic E-state index is 13.3. The van der Waals surface area contributed by atoms with Crippen LogP contribution in [0.25, 0.3) is 0 Å². The normalized spacial score (nSPS) is 30.4. The first-order valence-electron chi connectivity index (χ1n) is 14.6. The third kappa shape index (κ3) is 7.47. The average molecular weight is 629 g/mol. The van der Waals surface area contributed by atoms with E-state index in [4.69, 9.17) is 28.4 Å². The zero-order chi connectivity index (χ0) is 32.1. The standard InChI is InChI=1S/C32H36O13/c1-2-20-21-14-26(35)40-11-9-17-3-6-19(7-4-17)43-24-13-18(5-8-23(24)34)10-12-41-30(39)22(21)16-42-31(20)45-32-29(38)28(37)27(36)25(15-33)44-32/h2-8,13,16,21,25,27-29,31-34,36-38H,9-12,14-15H2,1H3/b20-2-/t21-,25+,27+,28-,29+,31-,32-/m1/s1. The Morgan fingerprint density at radius 2 is 1.64 bits per heavy atom. The first-order valence-corrected chi connectivity index (χ1v) is 14.6. The van der Waals surface area contributed by atoms with Crippen molar-refractivity contribution in [2.75, 3.05) is 19.8 Å². The van der Waals surface area contributed by atoms with Gasteiger partial charge in [-0.3, -0.25) is 4.79 Å². The first kappa shape index (κ1) is 32.4. The molecule has 0 saturated carbocycles. The number of esters is 2. The quantitative estimate of drug-likeness (QED) is 0.242. The van der Waals surface area contributed by atoms with E-state index in [-0.39, 0.29) is 36.7 Å². The van der Waals surface area contributed by atoms with Crippen molar-refractivity contribution in [2.24, 2.45) is 5.92 Å². The van der Waals surface area contributed by atoms with Gasteiger partial charge in [0.15, 0.2) is 17.8 Å². The summed E-state index contributed by atoms with van der Waals surface area (Å²) in [4.78, 5) is 26.3. The summed E-state index contributed by atoms with van der Waals surface area (Å²) < 4.78 is 33.9. The summed E-state index contributed by atoms with van der Waals surface area (Å²) in [6.07, 6.45) is -5.85. The predicted octanol–water partition coefficient (Wildman–Crippen LogP) is 1.38. The minimum Gasteiger partial charge on any atom is -0.504 e. The molecule has 45 heavy (non-hydrogen) atoms. The van der Waals surface area contributed by atoms with Gasteiger partial charge in [0.25, 0.3) is 0 Å². The minimum absolute atomic E-state index is 0.0247. The van der Waals surface area contributed by atoms with Crippen LogP contribution >= 0.6 is 0 Å². The molecule has 13 nitrogen and oxygen atoms in total. The number of phenols is 1. The Labute approximate surface area is 258 Å². The van der Waals surface area contributed by atoms with Crippen molar-refractivity contribution in [2.45, 2.75) is 63.2 Å². The molecule has 7 atom stereocenters. The summed E-state index contributed by atoms with van der Waals surface area (Å²) in [7, 11) is 0. The number of phenolic OH excluding ortho intramolecular Hbond substituents is 1. The topological polar surface area (TPSA) is 191 Å². The number of fused-ring (bicyclic) bond motifs is 9. The Balaban J connectivity index is 1.39. The van der Waals surface area contributed by atoms with Crippen LogP contribution in [0.2, 0.25) is 0 Å². The van der Waals surface area contributed by atoms with Crippen LogP contribution in [-0.2, 0) is 46.1 Å². The van der Waals surface area contributed by atoms with Crippen LogP contribution in [0.1, 0.15) is 24.5 Å². The van der Waals surface area contributed by atoms with Crippen molar-refractivity contribution in [3.63, 3.8) is 0 Å². The van der Waals surface area contributed by atoms with Gasteiger partial charge in [-0.05, 0) is 42.3 Å². The summed E-state index contributed by atoms with van der Waals surface area (Å²) in [6, 6.07) is 12.0. The second kappa shape index (κ2) is 14.4. The zero-order valence-corrected chi connectivity index (χ0v) is 24.5. The Hall–Kier alpha value is -3.98. The van der Waals surface area contributed by atoms with Crippen molar-refractivity contribution in [1.82, 2.24) is 0 Å². The van der Waals surface area contributed by atoms with E-state index in [0.717, 1.165) is 17.4 Å². The molecule has 0 amide bonds. The van der Waals surface area contributed by atoms with Gasteiger partial charge in [-0.1, -0.05) is 24.3 Å². The monoisotopic (exact) mass is 628 g/mol. The lowest BCUT2D eigenvalue weighted by Crippen LogP contribution is -2.60. The Morgan fingerprint density at radius 1 is 0.933 bits per heavy atom. The van der Waals surface area contributed by atoms with Crippen molar-refractivity contribution < 1.29 is 63.5 Å². The highest BCUT2D eigenvalue weighted by Crippen LogP contribution is 2.37. The summed E-state index contributed by atoms with van der Waals surface area (Å²) in [5.74, 6) is -1.56. The SMILES string of the molecule is C/C=C1\[C@@H](O[C@H]2O[C@@H](CO)[C@H](O)[C@@H](O)[C@@H]2O)OC=C2C(=O)OCCc3ccc(O)c(c3)Oc3ccc(cc3)CCOC(=O)C[C@@H]21. The number of aliphatic hydroxyl groups excluding tert-OH is 4. The number of allylic oxidation sites excluding steroid dienone is 1. The first-order chi connectivity index (χ1) is 21.7. The molecule has 2 aromatic carbocycles. The summed E-state index contributed by atoms with van der Waals surface area (Å²) >= 11 is 0. The third-order valence-corrected chi connectivity index (χ3v) is 7.87. The number of carbonyl (C=O) groups is 2. The van der Waals surface area contributed by atoms with Gasteiger partial charge in [0.1, 0.15) is 30.2 Å².